The first-order valence-corrected chi connectivity index (χ1v) is 10.7. The normalized spacial score (nSPS) is 29.2. The lowest BCUT2D eigenvalue weighted by Crippen LogP contribution is -2.54. The molecular weight excluding hydrogens is 422 g/mol. The number of halogens is 1. The number of hydrazone groups is 1. The van der Waals surface area contributed by atoms with Gasteiger partial charge in [0.1, 0.15) is 5.17 Å². The smallest absolute Gasteiger partial charge is 0.245 e. The molecule has 0 unspecified atom stereocenters. The van der Waals surface area contributed by atoms with Crippen molar-refractivity contribution in [3.05, 3.63) is 12.3 Å². The van der Waals surface area contributed by atoms with E-state index in [0.29, 0.717) is 55.6 Å². The van der Waals surface area contributed by atoms with Gasteiger partial charge in [-0.2, -0.15) is 20.1 Å². The molecule has 4 rings (SSSR count). The van der Waals surface area contributed by atoms with E-state index in [1.165, 1.54) is 5.12 Å². The predicted molar refractivity (Wildman–Crippen MR) is 121 cm³/mol. The Morgan fingerprint density at radius 3 is 1.84 bits per heavy atom. The Labute approximate surface area is 185 Å². The van der Waals surface area contributed by atoms with Gasteiger partial charge in [-0.25, -0.2) is 0 Å². The van der Waals surface area contributed by atoms with Gasteiger partial charge in [0, 0.05) is 63.0 Å². The Kier molecular flexibility index (Phi) is 6.69. The Morgan fingerprint density at radius 2 is 1.35 bits per heavy atom. The van der Waals surface area contributed by atoms with Crippen LogP contribution in [0.1, 0.15) is 19.3 Å². The average molecular weight is 452 g/mol. The van der Waals surface area contributed by atoms with Crippen molar-refractivity contribution >= 4 is 34.6 Å². The molecule has 14 heteroatoms. The molecule has 4 heterocycles. The van der Waals surface area contributed by atoms with E-state index >= 15 is 0 Å². The summed E-state index contributed by atoms with van der Waals surface area (Å²) in [4.78, 5) is 17.8. The number of rotatable bonds is 5. The summed E-state index contributed by atoms with van der Waals surface area (Å²) in [6.07, 6.45) is 5.73. The number of nitrogens with one attached hydrogen (secondary N) is 2. The first kappa shape index (κ1) is 21.9. The molecule has 13 nitrogen and oxygen atoms in total. The van der Waals surface area contributed by atoms with E-state index in [9.17, 15) is 0 Å². The number of anilines is 3. The number of piperidine rings is 2. The average Bonchev–Trinajstić information content (AvgIpc) is 2.71. The molecule has 2 fully saturated rings. The highest BCUT2D eigenvalue weighted by atomic mass is 35.5. The summed E-state index contributed by atoms with van der Waals surface area (Å²) in [6, 6.07) is -0.203. The Balaban J connectivity index is 1.58. The van der Waals surface area contributed by atoms with Crippen LogP contribution in [-0.2, 0) is 0 Å². The summed E-state index contributed by atoms with van der Waals surface area (Å²) in [5.41, 5.74) is 30.5. The van der Waals surface area contributed by atoms with E-state index in [2.05, 4.69) is 31.0 Å². The van der Waals surface area contributed by atoms with Crippen LogP contribution in [0.5, 0.6) is 0 Å². The lowest BCUT2D eigenvalue weighted by molar-refractivity contribution is 0.307. The van der Waals surface area contributed by atoms with E-state index in [1.54, 1.807) is 6.20 Å². The molecule has 170 valence electrons. The zero-order valence-corrected chi connectivity index (χ0v) is 18.0. The second-order valence-corrected chi connectivity index (χ2v) is 8.66. The van der Waals surface area contributed by atoms with Crippen molar-refractivity contribution < 1.29 is 0 Å². The molecule has 0 aliphatic carbocycles. The predicted octanol–water partition coefficient (Wildman–Crippen LogP) is -1.80. The minimum atomic E-state index is -0.0507. The number of nitrogens with zero attached hydrogens (tertiary/aromatic N) is 7. The summed E-state index contributed by atoms with van der Waals surface area (Å²) in [5.74, 6) is 1.29. The summed E-state index contributed by atoms with van der Waals surface area (Å²) in [7, 11) is 0. The molecule has 0 aromatic carbocycles. The molecule has 10 N–H and O–H groups in total. The van der Waals surface area contributed by atoms with E-state index in [1.807, 2.05) is 15.9 Å². The molecule has 2 saturated heterocycles. The molecular formula is C17H30ClN13. The van der Waals surface area contributed by atoms with E-state index in [4.69, 9.17) is 34.5 Å². The van der Waals surface area contributed by atoms with Crippen molar-refractivity contribution in [2.45, 2.75) is 43.4 Å². The van der Waals surface area contributed by atoms with Crippen LogP contribution in [0.4, 0.5) is 17.8 Å². The highest BCUT2D eigenvalue weighted by Crippen LogP contribution is 2.22. The van der Waals surface area contributed by atoms with Crippen LogP contribution in [0.15, 0.2) is 17.4 Å². The SMILES string of the molecule is N[C@@H]1C[C@H](N)CN(c2nc(NNN3C=CCC(Cl)=N3)nc(N3C[C@H](N)C[C@H](N)C3)n2)C1. The molecule has 31 heavy (non-hydrogen) atoms. The molecule has 0 amide bonds. The number of hydrogen-bond donors (Lipinski definition) is 6. The van der Waals surface area contributed by atoms with Gasteiger partial charge in [0.05, 0.1) is 0 Å². The van der Waals surface area contributed by atoms with Crippen LogP contribution in [-0.4, -0.2) is 75.6 Å². The van der Waals surface area contributed by atoms with E-state index in [-0.39, 0.29) is 24.2 Å². The number of hydrazine groups is 2. The molecule has 3 aliphatic rings. The molecule has 1 aromatic rings. The van der Waals surface area contributed by atoms with Gasteiger partial charge < -0.3 is 32.7 Å². The Hall–Kier alpha value is -2.29. The first-order chi connectivity index (χ1) is 14.9. The lowest BCUT2D eigenvalue weighted by atomic mass is 10.0. The second-order valence-electron chi connectivity index (χ2n) is 8.23. The van der Waals surface area contributed by atoms with Crippen LogP contribution in [0.2, 0.25) is 0 Å². The largest absolute Gasteiger partial charge is 0.338 e. The third-order valence-electron chi connectivity index (χ3n) is 5.24. The van der Waals surface area contributed by atoms with Gasteiger partial charge >= 0.3 is 0 Å². The molecule has 0 radical (unpaired) electrons. The topological polar surface area (TPSA) is 189 Å². The van der Waals surface area contributed by atoms with Crippen LogP contribution in [0.3, 0.4) is 0 Å². The number of hydrogen-bond acceptors (Lipinski definition) is 13. The third-order valence-corrected chi connectivity index (χ3v) is 5.47. The fourth-order valence-corrected chi connectivity index (χ4v) is 4.16. The van der Waals surface area contributed by atoms with Crippen LogP contribution < -0.4 is 43.7 Å². The number of nitrogens with two attached hydrogens (primary N) is 4. The van der Waals surface area contributed by atoms with Gasteiger partial charge in [-0.3, -0.25) is 5.43 Å². The van der Waals surface area contributed by atoms with Gasteiger partial charge in [0.2, 0.25) is 17.8 Å². The van der Waals surface area contributed by atoms with Crippen LogP contribution in [0, 0.1) is 0 Å². The first-order valence-electron chi connectivity index (χ1n) is 10.3. The molecule has 4 atom stereocenters. The van der Waals surface area contributed by atoms with Gasteiger partial charge in [0.25, 0.3) is 0 Å². The van der Waals surface area contributed by atoms with Gasteiger partial charge in [-0.05, 0) is 12.8 Å². The van der Waals surface area contributed by atoms with Crippen LogP contribution in [0.25, 0.3) is 0 Å². The van der Waals surface area contributed by atoms with Crippen molar-refractivity contribution in [1.82, 2.24) is 25.6 Å². The van der Waals surface area contributed by atoms with E-state index in [0.717, 1.165) is 12.8 Å². The fourth-order valence-electron chi connectivity index (χ4n) is 3.99. The van der Waals surface area contributed by atoms with Gasteiger partial charge in [-0.15, -0.1) is 10.6 Å². The zero-order valence-electron chi connectivity index (χ0n) is 17.2. The summed E-state index contributed by atoms with van der Waals surface area (Å²) < 4.78 is 0. The molecule has 3 aliphatic heterocycles. The minimum Gasteiger partial charge on any atom is -0.338 e. The Bertz CT molecular complexity index is 768. The van der Waals surface area contributed by atoms with Crippen molar-refractivity contribution in [3.63, 3.8) is 0 Å². The van der Waals surface area contributed by atoms with Crippen molar-refractivity contribution in [3.8, 4) is 0 Å². The monoisotopic (exact) mass is 451 g/mol. The quantitative estimate of drug-likeness (QED) is 0.276. The zero-order chi connectivity index (χ0) is 22.0. The summed E-state index contributed by atoms with van der Waals surface area (Å²) in [5, 5.41) is 6.06. The van der Waals surface area contributed by atoms with Gasteiger partial charge in [-0.1, -0.05) is 17.7 Å². The molecule has 0 saturated carbocycles. The standard InChI is InChI=1S/C17H30ClN13/c18-14-2-1-3-31(27-14)28-26-15-23-16(29-6-10(19)4-11(20)7-29)25-17(24-15)30-8-12(21)5-13(22)9-30/h1,3,10-13,28H,2,4-9,19-22H2,(H,23,24,25,26)/t10-,11+,12-,13+. The third kappa shape index (κ3) is 5.70. The number of aromatic nitrogens is 3. The second kappa shape index (κ2) is 9.46. The highest BCUT2D eigenvalue weighted by Gasteiger charge is 2.28. The Morgan fingerprint density at radius 1 is 0.839 bits per heavy atom. The molecule has 1 aromatic heterocycles. The maximum atomic E-state index is 6.17. The van der Waals surface area contributed by atoms with Crippen molar-refractivity contribution in [1.29, 1.82) is 0 Å². The maximum Gasteiger partial charge on any atom is 0.245 e. The fraction of sp³-hybridized carbons (Fsp3) is 0.647. The van der Waals surface area contributed by atoms with Crippen molar-refractivity contribution in [2.75, 3.05) is 41.4 Å². The summed E-state index contributed by atoms with van der Waals surface area (Å²) >= 11 is 5.99. The summed E-state index contributed by atoms with van der Waals surface area (Å²) in [6.45, 7) is 2.44. The van der Waals surface area contributed by atoms with E-state index < -0.39 is 0 Å². The molecule has 0 bridgehead atoms. The molecule has 0 spiro atoms. The van der Waals surface area contributed by atoms with Gasteiger partial charge in [0.15, 0.2) is 0 Å². The maximum absolute atomic E-state index is 6.17. The lowest BCUT2D eigenvalue weighted by Gasteiger charge is -2.37. The highest BCUT2D eigenvalue weighted by molar-refractivity contribution is 6.65. The number of allylic oxidation sites excluding steroid dienone is 1. The van der Waals surface area contributed by atoms with Crippen LogP contribution >= 0.6 is 11.6 Å². The van der Waals surface area contributed by atoms with Crippen molar-refractivity contribution in [2.24, 2.45) is 28.0 Å². The minimum absolute atomic E-state index is 0.0507.